The molecule has 0 spiro atoms. The molecule has 4 rings (SSSR count). The molecule has 0 aliphatic carbocycles. The number of pyridine rings is 2. The number of hydrogen-bond acceptors (Lipinski definition) is 6. The van der Waals surface area contributed by atoms with Gasteiger partial charge < -0.3 is 4.74 Å². The maximum atomic E-state index is 13.2. The third-order valence-electron chi connectivity index (χ3n) is 4.91. The summed E-state index contributed by atoms with van der Waals surface area (Å²) in [4.78, 5) is 33.9. The van der Waals surface area contributed by atoms with Gasteiger partial charge in [0.1, 0.15) is 0 Å². The van der Waals surface area contributed by atoms with Crippen molar-refractivity contribution < 1.29 is 14.3 Å². The fraction of sp³-hybridized carbons (Fsp3) is 0.286. The van der Waals surface area contributed by atoms with Crippen LogP contribution in [0.3, 0.4) is 0 Å². The first-order chi connectivity index (χ1) is 14.6. The van der Waals surface area contributed by atoms with E-state index >= 15 is 0 Å². The Hall–Kier alpha value is -3.75. The third-order valence-corrected chi connectivity index (χ3v) is 4.91. The highest BCUT2D eigenvalue weighted by atomic mass is 16.5. The minimum absolute atomic E-state index is 0.160. The molecule has 154 valence electrons. The van der Waals surface area contributed by atoms with Gasteiger partial charge in [-0.25, -0.2) is 14.7 Å². The van der Waals surface area contributed by atoms with Crippen LogP contribution in [0.4, 0.5) is 0 Å². The quantitative estimate of drug-likeness (QED) is 0.660. The van der Waals surface area contributed by atoms with Crippen molar-refractivity contribution in [3.05, 3.63) is 54.5 Å². The second-order valence-corrected chi connectivity index (χ2v) is 6.88. The Labute approximate surface area is 173 Å². The topological polar surface area (TPSA) is 93.5 Å². The average Bonchev–Trinajstić information content (AvgIpc) is 3.24. The average molecular weight is 406 g/mol. The van der Waals surface area contributed by atoms with Gasteiger partial charge in [-0.1, -0.05) is 6.07 Å². The van der Waals surface area contributed by atoms with E-state index in [-0.39, 0.29) is 17.5 Å². The van der Waals surface area contributed by atoms with Crippen LogP contribution >= 0.6 is 0 Å². The van der Waals surface area contributed by atoms with Crippen molar-refractivity contribution in [2.45, 2.75) is 19.8 Å². The molecule has 1 aliphatic rings. The summed E-state index contributed by atoms with van der Waals surface area (Å²) in [5, 5.41) is 7.51. The van der Waals surface area contributed by atoms with E-state index in [0.29, 0.717) is 36.0 Å². The highest BCUT2D eigenvalue weighted by Crippen LogP contribution is 2.24. The Morgan fingerprint density at radius 1 is 1.03 bits per heavy atom. The van der Waals surface area contributed by atoms with E-state index in [4.69, 9.17) is 4.74 Å². The maximum Gasteiger partial charge on any atom is 0.292 e. The van der Waals surface area contributed by atoms with Crippen LogP contribution in [0.15, 0.2) is 48.8 Å². The van der Waals surface area contributed by atoms with Crippen molar-refractivity contribution in [2.24, 2.45) is 0 Å². The standard InChI is InChI=1S/C21H22N6O3/c1-15(28)25-11-5-6-12-26(25)21(29)18-13-19(17-7-3-4-10-22-17)27(24-18)16-8-9-20(30-2)23-14-16/h3-4,7-10,13-14H,5-6,11-12H2,1-2H3. The molecule has 0 radical (unpaired) electrons. The molecule has 1 saturated heterocycles. The van der Waals surface area contributed by atoms with Gasteiger partial charge in [0, 0.05) is 32.3 Å². The van der Waals surface area contributed by atoms with E-state index in [1.54, 1.807) is 36.3 Å². The van der Waals surface area contributed by atoms with Crippen molar-refractivity contribution in [3.63, 3.8) is 0 Å². The zero-order valence-electron chi connectivity index (χ0n) is 16.9. The lowest BCUT2D eigenvalue weighted by molar-refractivity contribution is -0.145. The van der Waals surface area contributed by atoms with Gasteiger partial charge >= 0.3 is 0 Å². The predicted octanol–water partition coefficient (Wildman–Crippen LogP) is 2.34. The second kappa shape index (κ2) is 8.32. The summed E-state index contributed by atoms with van der Waals surface area (Å²) >= 11 is 0. The molecule has 4 heterocycles. The summed E-state index contributed by atoms with van der Waals surface area (Å²) in [6.07, 6.45) is 5.01. The molecule has 0 N–H and O–H groups in total. The van der Waals surface area contributed by atoms with Crippen LogP contribution < -0.4 is 4.74 Å². The van der Waals surface area contributed by atoms with Crippen LogP contribution in [0.25, 0.3) is 17.1 Å². The smallest absolute Gasteiger partial charge is 0.292 e. The van der Waals surface area contributed by atoms with Crippen molar-refractivity contribution in [1.82, 2.24) is 29.8 Å². The normalized spacial score (nSPS) is 13.9. The molecular weight excluding hydrogens is 384 g/mol. The fourth-order valence-electron chi connectivity index (χ4n) is 3.43. The van der Waals surface area contributed by atoms with Crippen LogP contribution in [0, 0.1) is 0 Å². The molecule has 3 aromatic heterocycles. The fourth-order valence-corrected chi connectivity index (χ4v) is 3.43. The summed E-state index contributed by atoms with van der Waals surface area (Å²) in [6, 6.07) is 10.8. The van der Waals surface area contributed by atoms with Crippen molar-refractivity contribution >= 4 is 11.8 Å². The number of hydrazine groups is 1. The van der Waals surface area contributed by atoms with Crippen LogP contribution in [0.2, 0.25) is 0 Å². The number of carbonyl (C=O) groups excluding carboxylic acids is 2. The van der Waals surface area contributed by atoms with E-state index in [0.717, 1.165) is 12.8 Å². The van der Waals surface area contributed by atoms with Crippen LogP contribution in [-0.2, 0) is 4.79 Å². The molecule has 2 amide bonds. The first-order valence-electron chi connectivity index (χ1n) is 9.70. The zero-order chi connectivity index (χ0) is 21.1. The molecule has 9 nitrogen and oxygen atoms in total. The summed E-state index contributed by atoms with van der Waals surface area (Å²) in [5.41, 5.74) is 2.22. The van der Waals surface area contributed by atoms with Gasteiger partial charge in [-0.05, 0) is 37.1 Å². The number of aromatic nitrogens is 4. The first kappa shape index (κ1) is 19.6. The van der Waals surface area contributed by atoms with Crippen LogP contribution in [0.1, 0.15) is 30.3 Å². The monoisotopic (exact) mass is 406 g/mol. The van der Waals surface area contributed by atoms with E-state index in [2.05, 4.69) is 15.1 Å². The van der Waals surface area contributed by atoms with E-state index in [9.17, 15) is 9.59 Å². The van der Waals surface area contributed by atoms with E-state index in [1.807, 2.05) is 24.3 Å². The zero-order valence-corrected chi connectivity index (χ0v) is 16.9. The molecule has 0 bridgehead atoms. The molecule has 0 saturated carbocycles. The number of carbonyl (C=O) groups is 2. The van der Waals surface area contributed by atoms with Crippen LogP contribution in [-0.4, -0.2) is 61.8 Å². The van der Waals surface area contributed by atoms with E-state index in [1.165, 1.54) is 16.9 Å². The number of rotatable bonds is 4. The van der Waals surface area contributed by atoms with Crippen LogP contribution in [0.5, 0.6) is 5.88 Å². The molecule has 0 unspecified atom stereocenters. The lowest BCUT2D eigenvalue weighted by atomic mass is 10.2. The Morgan fingerprint density at radius 3 is 2.47 bits per heavy atom. The molecule has 3 aromatic rings. The van der Waals surface area contributed by atoms with E-state index < -0.39 is 0 Å². The number of amides is 2. The van der Waals surface area contributed by atoms with Gasteiger partial charge in [-0.15, -0.1) is 0 Å². The molecule has 1 aliphatic heterocycles. The first-order valence-corrected chi connectivity index (χ1v) is 9.70. The molecule has 0 atom stereocenters. The van der Waals surface area contributed by atoms with Gasteiger partial charge in [0.25, 0.3) is 5.91 Å². The van der Waals surface area contributed by atoms with Gasteiger partial charge in [0.2, 0.25) is 11.8 Å². The van der Waals surface area contributed by atoms with Crippen molar-refractivity contribution in [2.75, 3.05) is 20.2 Å². The lowest BCUT2D eigenvalue weighted by Crippen LogP contribution is -2.52. The Morgan fingerprint density at radius 2 is 1.83 bits per heavy atom. The summed E-state index contributed by atoms with van der Waals surface area (Å²) in [6.45, 7) is 2.47. The molecule has 30 heavy (non-hydrogen) atoms. The SMILES string of the molecule is COc1ccc(-n2nc(C(=O)N3CCCCN3C(C)=O)cc2-c2ccccn2)cn1. The van der Waals surface area contributed by atoms with Crippen molar-refractivity contribution in [1.29, 1.82) is 0 Å². The van der Waals surface area contributed by atoms with Gasteiger partial charge in [-0.2, -0.15) is 5.10 Å². The van der Waals surface area contributed by atoms with Crippen molar-refractivity contribution in [3.8, 4) is 23.0 Å². The second-order valence-electron chi connectivity index (χ2n) is 6.88. The Bertz CT molecular complexity index is 1050. The highest BCUT2D eigenvalue weighted by molar-refractivity contribution is 5.94. The number of methoxy groups -OCH3 is 1. The molecule has 1 fully saturated rings. The van der Waals surface area contributed by atoms with Gasteiger partial charge in [0.15, 0.2) is 5.69 Å². The molecule has 0 aromatic carbocycles. The van der Waals surface area contributed by atoms with Gasteiger partial charge in [-0.3, -0.25) is 19.6 Å². The number of nitrogens with zero attached hydrogens (tertiary/aromatic N) is 6. The number of ether oxygens (including phenoxy) is 1. The number of hydrogen-bond donors (Lipinski definition) is 0. The maximum absolute atomic E-state index is 13.2. The largest absolute Gasteiger partial charge is 0.481 e. The van der Waals surface area contributed by atoms with Gasteiger partial charge in [0.05, 0.1) is 30.4 Å². The third kappa shape index (κ3) is 3.73. The summed E-state index contributed by atoms with van der Waals surface area (Å²) in [7, 11) is 1.55. The summed E-state index contributed by atoms with van der Waals surface area (Å²) in [5.74, 6) is 0.00102. The lowest BCUT2D eigenvalue weighted by Gasteiger charge is -2.37. The summed E-state index contributed by atoms with van der Waals surface area (Å²) < 4.78 is 6.75. The Kier molecular flexibility index (Phi) is 5.42. The predicted molar refractivity (Wildman–Crippen MR) is 109 cm³/mol. The highest BCUT2D eigenvalue weighted by Gasteiger charge is 2.30. The Balaban J connectivity index is 1.76. The molecular formula is C21H22N6O3. The minimum atomic E-state index is -0.317. The minimum Gasteiger partial charge on any atom is -0.481 e. The molecule has 9 heteroatoms.